The van der Waals surface area contributed by atoms with Gasteiger partial charge in [-0.2, -0.15) is 0 Å². The fourth-order valence-corrected chi connectivity index (χ4v) is 1.51. The Morgan fingerprint density at radius 2 is 1.75 bits per heavy atom. The molecule has 0 saturated heterocycles. The number of esters is 2. The van der Waals surface area contributed by atoms with Gasteiger partial charge < -0.3 is 15.2 Å². The molecule has 0 spiro atoms. The number of allylic oxidation sites excluding steroid dienone is 1. The van der Waals surface area contributed by atoms with Crippen LogP contribution >= 0.6 is 0 Å². The average molecular weight is 277 g/mol. The molecule has 0 atom stereocenters. The zero-order valence-corrected chi connectivity index (χ0v) is 11.9. The highest BCUT2D eigenvalue weighted by molar-refractivity contribution is 6.14. The van der Waals surface area contributed by atoms with Gasteiger partial charge in [-0.1, -0.05) is 44.2 Å². The first-order chi connectivity index (χ1) is 9.47. The zero-order valence-electron chi connectivity index (χ0n) is 11.9. The van der Waals surface area contributed by atoms with E-state index in [0.29, 0.717) is 0 Å². The molecule has 108 valence electrons. The molecule has 0 unspecified atom stereocenters. The number of hydrogen-bond acceptors (Lipinski definition) is 5. The normalized spacial score (nSPS) is 11.8. The summed E-state index contributed by atoms with van der Waals surface area (Å²) >= 11 is 0. The van der Waals surface area contributed by atoms with Crippen LogP contribution in [0.2, 0.25) is 0 Å². The molecule has 2 N–H and O–H groups in total. The molecule has 0 aliphatic rings. The van der Waals surface area contributed by atoms with E-state index in [-0.39, 0.29) is 23.8 Å². The van der Waals surface area contributed by atoms with Crippen molar-refractivity contribution in [1.82, 2.24) is 0 Å². The number of carbonyl (C=O) groups is 2. The Morgan fingerprint density at radius 1 is 1.15 bits per heavy atom. The van der Waals surface area contributed by atoms with Crippen LogP contribution in [0, 0.1) is 5.92 Å². The number of rotatable bonds is 5. The van der Waals surface area contributed by atoms with E-state index in [1.54, 1.807) is 13.8 Å². The van der Waals surface area contributed by atoms with Crippen LogP contribution in [-0.4, -0.2) is 19.0 Å². The lowest BCUT2D eigenvalue weighted by molar-refractivity contribution is -0.146. The Hall–Kier alpha value is -2.30. The third-order valence-electron chi connectivity index (χ3n) is 2.72. The summed E-state index contributed by atoms with van der Waals surface area (Å²) in [5, 5.41) is 0. The summed E-state index contributed by atoms with van der Waals surface area (Å²) < 4.78 is 9.69. The fraction of sp³-hybridized carbons (Fsp3) is 0.333. The van der Waals surface area contributed by atoms with Crippen LogP contribution in [0.4, 0.5) is 0 Å². The van der Waals surface area contributed by atoms with E-state index in [9.17, 15) is 9.59 Å². The summed E-state index contributed by atoms with van der Waals surface area (Å²) in [7, 11) is 1.19. The van der Waals surface area contributed by atoms with Crippen molar-refractivity contribution >= 4 is 11.9 Å². The first-order valence-electron chi connectivity index (χ1n) is 6.26. The van der Waals surface area contributed by atoms with Gasteiger partial charge in [-0.15, -0.1) is 0 Å². The number of methoxy groups -OCH3 is 1. The molecule has 20 heavy (non-hydrogen) atoms. The zero-order chi connectivity index (χ0) is 15.1. The second kappa shape index (κ2) is 7.33. The first kappa shape index (κ1) is 15.8. The van der Waals surface area contributed by atoms with E-state index in [0.717, 1.165) is 5.56 Å². The maximum Gasteiger partial charge on any atom is 0.347 e. The van der Waals surface area contributed by atoms with Crippen molar-refractivity contribution in [2.45, 2.75) is 20.5 Å². The molecule has 0 fully saturated rings. The number of ether oxygens (including phenoxy) is 2. The van der Waals surface area contributed by atoms with Crippen LogP contribution in [0.1, 0.15) is 19.4 Å². The highest BCUT2D eigenvalue weighted by Gasteiger charge is 2.25. The molecule has 0 radical (unpaired) electrons. The molecule has 0 heterocycles. The van der Waals surface area contributed by atoms with Crippen molar-refractivity contribution in [1.29, 1.82) is 0 Å². The molecule has 5 heteroatoms. The summed E-state index contributed by atoms with van der Waals surface area (Å²) in [6.45, 7) is 3.64. The second-order valence-corrected chi connectivity index (χ2v) is 4.54. The largest absolute Gasteiger partial charge is 0.465 e. The third-order valence-corrected chi connectivity index (χ3v) is 2.72. The minimum atomic E-state index is -0.783. The van der Waals surface area contributed by atoms with Gasteiger partial charge in [-0.05, 0) is 11.5 Å². The van der Waals surface area contributed by atoms with Crippen LogP contribution < -0.4 is 5.73 Å². The molecule has 1 aromatic carbocycles. The van der Waals surface area contributed by atoms with E-state index in [4.69, 9.17) is 10.5 Å². The predicted octanol–water partition coefficient (Wildman–Crippen LogP) is 1.77. The summed E-state index contributed by atoms with van der Waals surface area (Å²) in [4.78, 5) is 23.7. The van der Waals surface area contributed by atoms with E-state index in [1.165, 1.54) is 7.11 Å². The monoisotopic (exact) mass is 277 g/mol. The van der Waals surface area contributed by atoms with Crippen LogP contribution in [0.3, 0.4) is 0 Å². The molecular formula is C15H19NO4. The topological polar surface area (TPSA) is 78.6 Å². The Labute approximate surface area is 118 Å². The fourth-order valence-electron chi connectivity index (χ4n) is 1.51. The Morgan fingerprint density at radius 3 is 2.25 bits per heavy atom. The highest BCUT2D eigenvalue weighted by atomic mass is 16.5. The van der Waals surface area contributed by atoms with Crippen molar-refractivity contribution in [2.24, 2.45) is 11.7 Å². The average Bonchev–Trinajstić information content (AvgIpc) is 2.45. The SMILES string of the molecule is COC(=O)/C(C(=O)OCc1ccccc1)=C(/N)C(C)C. The molecule has 1 rings (SSSR count). The van der Waals surface area contributed by atoms with Crippen molar-refractivity contribution in [3.05, 3.63) is 47.2 Å². The van der Waals surface area contributed by atoms with Gasteiger partial charge in [-0.25, -0.2) is 9.59 Å². The summed E-state index contributed by atoms with van der Waals surface area (Å²) in [5.41, 5.74) is 6.54. The number of carbonyl (C=O) groups excluding carboxylic acids is 2. The third kappa shape index (κ3) is 4.12. The predicted molar refractivity (Wildman–Crippen MR) is 74.3 cm³/mol. The van der Waals surface area contributed by atoms with Crippen LogP contribution in [-0.2, 0) is 25.7 Å². The number of benzene rings is 1. The molecule has 0 amide bonds. The molecule has 0 saturated carbocycles. The van der Waals surface area contributed by atoms with Crippen LogP contribution in [0.25, 0.3) is 0 Å². The van der Waals surface area contributed by atoms with Gasteiger partial charge in [0, 0.05) is 5.70 Å². The van der Waals surface area contributed by atoms with Gasteiger partial charge in [-0.3, -0.25) is 0 Å². The maximum atomic E-state index is 12.0. The Bertz CT molecular complexity index is 506. The van der Waals surface area contributed by atoms with E-state index in [2.05, 4.69) is 4.74 Å². The molecule has 5 nitrogen and oxygen atoms in total. The van der Waals surface area contributed by atoms with Gasteiger partial charge in [0.1, 0.15) is 6.61 Å². The maximum absolute atomic E-state index is 12.0. The standard InChI is InChI=1S/C15H19NO4/c1-10(2)13(16)12(14(17)19-3)15(18)20-9-11-7-5-4-6-8-11/h4-8,10H,9,16H2,1-3H3/b13-12-. The molecule has 0 bridgehead atoms. The van der Waals surface area contributed by atoms with Crippen molar-refractivity contribution in [2.75, 3.05) is 7.11 Å². The quantitative estimate of drug-likeness (QED) is 0.384. The molecule has 1 aromatic rings. The van der Waals surface area contributed by atoms with E-state index in [1.807, 2.05) is 30.3 Å². The lowest BCUT2D eigenvalue weighted by Gasteiger charge is -2.12. The van der Waals surface area contributed by atoms with Crippen molar-refractivity contribution in [3.63, 3.8) is 0 Å². The number of nitrogens with two attached hydrogens (primary N) is 1. The minimum Gasteiger partial charge on any atom is -0.465 e. The minimum absolute atomic E-state index is 0.0749. The van der Waals surface area contributed by atoms with Gasteiger partial charge in [0.2, 0.25) is 0 Å². The lowest BCUT2D eigenvalue weighted by Crippen LogP contribution is -2.24. The van der Waals surface area contributed by atoms with Gasteiger partial charge in [0.05, 0.1) is 7.11 Å². The summed E-state index contributed by atoms with van der Waals surface area (Å²) in [6, 6.07) is 9.18. The first-order valence-corrected chi connectivity index (χ1v) is 6.26. The molecule has 0 aliphatic carbocycles. The summed E-state index contributed by atoms with van der Waals surface area (Å²) in [5.74, 6) is -1.71. The molecule has 0 aromatic heterocycles. The van der Waals surface area contributed by atoms with Crippen molar-refractivity contribution < 1.29 is 19.1 Å². The van der Waals surface area contributed by atoms with Gasteiger partial charge in [0.15, 0.2) is 5.57 Å². The highest BCUT2D eigenvalue weighted by Crippen LogP contribution is 2.13. The van der Waals surface area contributed by atoms with Gasteiger partial charge >= 0.3 is 11.9 Å². The van der Waals surface area contributed by atoms with E-state index >= 15 is 0 Å². The van der Waals surface area contributed by atoms with Crippen LogP contribution in [0.15, 0.2) is 41.6 Å². The smallest absolute Gasteiger partial charge is 0.347 e. The van der Waals surface area contributed by atoms with Gasteiger partial charge in [0.25, 0.3) is 0 Å². The Kier molecular flexibility index (Phi) is 5.77. The van der Waals surface area contributed by atoms with Crippen LogP contribution in [0.5, 0.6) is 0 Å². The summed E-state index contributed by atoms with van der Waals surface area (Å²) in [6.07, 6.45) is 0. The van der Waals surface area contributed by atoms with E-state index < -0.39 is 11.9 Å². The second-order valence-electron chi connectivity index (χ2n) is 4.54. The lowest BCUT2D eigenvalue weighted by atomic mass is 10.1. The Balaban J connectivity index is 2.85. The molecule has 0 aliphatic heterocycles. The molecular weight excluding hydrogens is 258 g/mol. The number of hydrogen-bond donors (Lipinski definition) is 1. The van der Waals surface area contributed by atoms with Crippen molar-refractivity contribution in [3.8, 4) is 0 Å².